The zero-order valence-corrected chi connectivity index (χ0v) is 9.42. The molecule has 0 N–H and O–H groups in total. The third-order valence-electron chi connectivity index (χ3n) is 1.21. The van der Waals surface area contributed by atoms with Gasteiger partial charge in [-0.05, 0) is 6.42 Å². The first-order valence-corrected chi connectivity index (χ1v) is 2.83. The number of halogens is 2. The maximum Gasteiger partial charge on any atom is 3.00 e. The molecule has 4 heteroatoms. The molecular weight excluding hydrogens is 217 g/mol. The molecule has 0 aromatic rings. The van der Waals surface area contributed by atoms with E-state index in [2.05, 4.69) is 23.5 Å². The van der Waals surface area contributed by atoms with Crippen LogP contribution in [0, 0.1) is 0 Å². The van der Waals surface area contributed by atoms with E-state index in [1.807, 2.05) is 7.05 Å². The fourth-order valence-electron chi connectivity index (χ4n) is 0.812. The molecule has 0 aromatic carbocycles. The van der Waals surface area contributed by atoms with Crippen LogP contribution in [0.25, 0.3) is 5.32 Å². The summed E-state index contributed by atoms with van der Waals surface area (Å²) >= 11 is 0. The van der Waals surface area contributed by atoms with Crippen molar-refractivity contribution in [2.45, 2.75) is 6.42 Å². The molecule has 0 atom stereocenters. The molecule has 0 heterocycles. The third-order valence-corrected chi connectivity index (χ3v) is 1.21. The molecule has 61 valence electrons. The predicted molar refractivity (Wildman–Crippen MR) is 36.0 cm³/mol. The molecule has 0 spiro atoms. The Hall–Kier alpha value is 0.734. The summed E-state index contributed by atoms with van der Waals surface area (Å²) < 4.78 is 0. The zero-order valence-electron chi connectivity index (χ0n) is 6.35. The molecule has 0 fully saturated rings. The molecule has 0 saturated heterocycles. The van der Waals surface area contributed by atoms with Crippen LogP contribution < -0.4 is 24.8 Å². The van der Waals surface area contributed by atoms with E-state index in [1.54, 1.807) is 0 Å². The summed E-state index contributed by atoms with van der Waals surface area (Å²) in [4.78, 5) is 0. The molecule has 0 saturated carbocycles. The first kappa shape index (κ1) is 17.7. The Morgan fingerprint density at radius 2 is 2.09 bits per heavy atom. The summed E-state index contributed by atoms with van der Waals surface area (Å²) in [6, 6.07) is 0. The Kier molecular flexibility index (Phi) is 17.3. The molecule has 1 aliphatic carbocycles. The van der Waals surface area contributed by atoms with E-state index in [1.165, 1.54) is 5.57 Å². The van der Waals surface area contributed by atoms with Crippen molar-refractivity contribution < 1.29 is 46.5 Å². The van der Waals surface area contributed by atoms with Crippen LogP contribution in [0.2, 0.25) is 0 Å². The second-order valence-electron chi connectivity index (χ2n) is 1.93. The summed E-state index contributed by atoms with van der Waals surface area (Å²) in [6.07, 6.45) is 7.48. The van der Waals surface area contributed by atoms with Crippen molar-refractivity contribution in [2.75, 3.05) is 13.6 Å². The van der Waals surface area contributed by atoms with Gasteiger partial charge in [0.1, 0.15) is 0 Å². The Morgan fingerprint density at radius 3 is 2.45 bits per heavy atom. The zero-order chi connectivity index (χ0) is 5.82. The van der Waals surface area contributed by atoms with Crippen LogP contribution in [0.5, 0.6) is 0 Å². The first-order chi connectivity index (χ1) is 3.93. The van der Waals surface area contributed by atoms with Crippen LogP contribution in [0.3, 0.4) is 0 Å². The number of hydrogen-bond donors (Lipinski definition) is 0. The standard InChI is InChI=1S/C7H10N.2ClH.Ti/c1-8-6-7-4-2-3-5-7;;;/h2-4H,5-6H2,1H3;2*1H;/q-1;;;+3/p-2. The number of likely N-dealkylation sites (N-methyl/N-ethyl adjacent to an activating group) is 1. The van der Waals surface area contributed by atoms with Crippen LogP contribution in [0.1, 0.15) is 6.42 Å². The van der Waals surface area contributed by atoms with E-state index in [-0.39, 0.29) is 46.5 Å². The van der Waals surface area contributed by atoms with Gasteiger partial charge in [-0.3, -0.25) is 0 Å². The maximum absolute atomic E-state index is 4.01. The molecule has 0 bridgehead atoms. The van der Waals surface area contributed by atoms with E-state index < -0.39 is 0 Å². The Bertz CT molecular complexity index is 134. The molecule has 1 aliphatic rings. The number of rotatable bonds is 2. The molecule has 1 rings (SSSR count). The molecule has 0 amide bonds. The van der Waals surface area contributed by atoms with E-state index >= 15 is 0 Å². The molecule has 0 aliphatic heterocycles. The molecule has 1 radical (unpaired) electrons. The quantitative estimate of drug-likeness (QED) is 0.425. The summed E-state index contributed by atoms with van der Waals surface area (Å²) in [5, 5.41) is 4.01. The number of hydrogen-bond acceptors (Lipinski definition) is 0. The number of allylic oxidation sites excluding steroid dienone is 3. The Morgan fingerprint density at radius 1 is 1.45 bits per heavy atom. The van der Waals surface area contributed by atoms with Crippen molar-refractivity contribution in [3.05, 3.63) is 29.1 Å². The average molecular weight is 227 g/mol. The summed E-state index contributed by atoms with van der Waals surface area (Å²) in [7, 11) is 1.85. The van der Waals surface area contributed by atoms with Gasteiger partial charge in [-0.1, -0.05) is 23.8 Å². The van der Waals surface area contributed by atoms with E-state index in [0.29, 0.717) is 0 Å². The van der Waals surface area contributed by atoms with Gasteiger partial charge in [-0.15, -0.1) is 6.54 Å². The Labute approximate surface area is 95.4 Å². The molecular formula is C7H10Cl2NTi. The van der Waals surface area contributed by atoms with E-state index in [9.17, 15) is 0 Å². The van der Waals surface area contributed by atoms with Crippen molar-refractivity contribution in [2.24, 2.45) is 0 Å². The van der Waals surface area contributed by atoms with Crippen molar-refractivity contribution in [3.8, 4) is 0 Å². The summed E-state index contributed by atoms with van der Waals surface area (Å²) in [5.41, 5.74) is 1.42. The summed E-state index contributed by atoms with van der Waals surface area (Å²) in [5.74, 6) is 0. The molecule has 0 aromatic heterocycles. The third kappa shape index (κ3) is 7.11. The largest absolute Gasteiger partial charge is 3.00 e. The second-order valence-corrected chi connectivity index (χ2v) is 1.93. The maximum atomic E-state index is 4.01. The minimum atomic E-state index is 0. The van der Waals surface area contributed by atoms with Gasteiger partial charge in [0, 0.05) is 0 Å². The second kappa shape index (κ2) is 10.7. The molecule has 0 unspecified atom stereocenters. The van der Waals surface area contributed by atoms with Crippen molar-refractivity contribution in [1.29, 1.82) is 0 Å². The van der Waals surface area contributed by atoms with E-state index in [4.69, 9.17) is 0 Å². The normalized spacial score (nSPS) is 12.3. The minimum Gasteiger partial charge on any atom is -1.00 e. The van der Waals surface area contributed by atoms with Gasteiger partial charge in [-0.2, -0.15) is 7.05 Å². The predicted octanol–water partition coefficient (Wildman–Crippen LogP) is -4.12. The number of nitrogens with zero attached hydrogens (tertiary/aromatic N) is 1. The Balaban J connectivity index is -0.000000213. The summed E-state index contributed by atoms with van der Waals surface area (Å²) in [6.45, 7) is 0.910. The SMILES string of the molecule is C[N-]CC1=CC=CC1.[Cl-].[Cl-].[Ti+3]. The van der Waals surface area contributed by atoms with Gasteiger partial charge in [0.05, 0.1) is 0 Å². The van der Waals surface area contributed by atoms with Gasteiger partial charge in [-0.25, -0.2) is 0 Å². The van der Waals surface area contributed by atoms with Crippen LogP contribution >= 0.6 is 0 Å². The van der Waals surface area contributed by atoms with Crippen LogP contribution in [-0.2, 0) is 21.7 Å². The van der Waals surface area contributed by atoms with Crippen LogP contribution in [0.4, 0.5) is 0 Å². The minimum absolute atomic E-state index is 0. The topological polar surface area (TPSA) is 14.1 Å². The average Bonchev–Trinajstić information content (AvgIpc) is 2.19. The molecule has 1 nitrogen and oxygen atoms in total. The van der Waals surface area contributed by atoms with E-state index in [0.717, 1.165) is 13.0 Å². The van der Waals surface area contributed by atoms with Gasteiger partial charge < -0.3 is 30.1 Å². The van der Waals surface area contributed by atoms with Gasteiger partial charge in [0.2, 0.25) is 0 Å². The fraction of sp³-hybridized carbons (Fsp3) is 0.429. The van der Waals surface area contributed by atoms with Gasteiger partial charge in [0.15, 0.2) is 0 Å². The van der Waals surface area contributed by atoms with Crippen LogP contribution in [0.15, 0.2) is 23.8 Å². The van der Waals surface area contributed by atoms with Gasteiger partial charge >= 0.3 is 21.7 Å². The van der Waals surface area contributed by atoms with Gasteiger partial charge in [0.25, 0.3) is 0 Å². The monoisotopic (exact) mass is 226 g/mol. The van der Waals surface area contributed by atoms with Crippen molar-refractivity contribution in [3.63, 3.8) is 0 Å². The van der Waals surface area contributed by atoms with Crippen molar-refractivity contribution >= 4 is 0 Å². The van der Waals surface area contributed by atoms with Crippen LogP contribution in [-0.4, -0.2) is 13.6 Å². The van der Waals surface area contributed by atoms with Crippen molar-refractivity contribution in [1.82, 2.24) is 0 Å². The molecule has 11 heavy (non-hydrogen) atoms. The first-order valence-electron chi connectivity index (χ1n) is 2.83. The smallest absolute Gasteiger partial charge is 1.00 e. The fourth-order valence-corrected chi connectivity index (χ4v) is 0.812.